The molecular formula is C14H21Cl3N2O2. The SMILES string of the molecule is CCCC(C)(N)C(=O)NCC(O)c1cc(Cl)cc(Cl)c1.Cl. The second-order valence-corrected chi connectivity index (χ2v) is 5.97. The van der Waals surface area contributed by atoms with Crippen LogP contribution >= 0.6 is 35.6 Å². The van der Waals surface area contributed by atoms with Crippen LogP contribution in [0.3, 0.4) is 0 Å². The third kappa shape index (κ3) is 6.41. The number of hydrogen-bond donors (Lipinski definition) is 3. The number of carbonyl (C=O) groups is 1. The van der Waals surface area contributed by atoms with E-state index >= 15 is 0 Å². The number of aliphatic hydroxyl groups excluding tert-OH is 1. The molecule has 21 heavy (non-hydrogen) atoms. The summed E-state index contributed by atoms with van der Waals surface area (Å²) in [7, 11) is 0. The molecule has 1 rings (SSSR count). The van der Waals surface area contributed by atoms with Crippen molar-refractivity contribution in [3.8, 4) is 0 Å². The molecule has 0 saturated carbocycles. The Hall–Kier alpha value is -0.520. The molecule has 0 spiro atoms. The van der Waals surface area contributed by atoms with Gasteiger partial charge in [0.15, 0.2) is 0 Å². The summed E-state index contributed by atoms with van der Waals surface area (Å²) in [5.74, 6) is -0.286. The lowest BCUT2D eigenvalue weighted by Gasteiger charge is -2.24. The Labute approximate surface area is 141 Å². The molecule has 0 aliphatic carbocycles. The minimum atomic E-state index is -0.930. The van der Waals surface area contributed by atoms with Gasteiger partial charge in [0.2, 0.25) is 5.91 Å². The first-order valence-electron chi connectivity index (χ1n) is 6.47. The number of nitrogens with two attached hydrogens (primary N) is 1. The van der Waals surface area contributed by atoms with Crippen molar-refractivity contribution in [1.29, 1.82) is 0 Å². The van der Waals surface area contributed by atoms with Gasteiger partial charge in [0.25, 0.3) is 0 Å². The van der Waals surface area contributed by atoms with Gasteiger partial charge in [0, 0.05) is 16.6 Å². The number of nitrogens with one attached hydrogen (secondary N) is 1. The van der Waals surface area contributed by atoms with Crippen molar-refractivity contribution < 1.29 is 9.90 Å². The van der Waals surface area contributed by atoms with Gasteiger partial charge in [-0.05, 0) is 37.1 Å². The summed E-state index contributed by atoms with van der Waals surface area (Å²) in [6.45, 7) is 3.70. The lowest BCUT2D eigenvalue weighted by atomic mass is 9.96. The van der Waals surface area contributed by atoms with Gasteiger partial charge in [-0.15, -0.1) is 12.4 Å². The van der Waals surface area contributed by atoms with Crippen LogP contribution in [0.4, 0.5) is 0 Å². The van der Waals surface area contributed by atoms with E-state index in [1.165, 1.54) is 0 Å². The summed E-state index contributed by atoms with van der Waals surface area (Å²) < 4.78 is 0. The number of carbonyl (C=O) groups excluding carboxylic acids is 1. The number of rotatable bonds is 6. The van der Waals surface area contributed by atoms with Gasteiger partial charge >= 0.3 is 0 Å². The van der Waals surface area contributed by atoms with Crippen LogP contribution in [0.5, 0.6) is 0 Å². The number of halogens is 3. The van der Waals surface area contributed by atoms with Crippen LogP contribution in [0.25, 0.3) is 0 Å². The Morgan fingerprint density at radius 3 is 2.38 bits per heavy atom. The fourth-order valence-corrected chi connectivity index (χ4v) is 2.45. The van der Waals surface area contributed by atoms with Crippen LogP contribution in [0.1, 0.15) is 38.4 Å². The summed E-state index contributed by atoms with van der Waals surface area (Å²) in [6, 6.07) is 4.80. The summed E-state index contributed by atoms with van der Waals surface area (Å²) in [6.07, 6.45) is 0.512. The fourth-order valence-electron chi connectivity index (χ4n) is 1.91. The molecule has 1 amide bonds. The maximum absolute atomic E-state index is 11.9. The van der Waals surface area contributed by atoms with Crippen molar-refractivity contribution in [3.63, 3.8) is 0 Å². The standard InChI is InChI=1S/C14H20Cl2N2O2.ClH/c1-3-4-14(2,17)13(20)18-8-12(19)9-5-10(15)7-11(16)6-9;/h5-7,12,19H,3-4,8,17H2,1-2H3,(H,18,20);1H. The fraction of sp³-hybridized carbons (Fsp3) is 0.500. The summed E-state index contributed by atoms with van der Waals surface area (Å²) in [4.78, 5) is 11.9. The zero-order chi connectivity index (χ0) is 15.3. The average Bonchev–Trinajstić information content (AvgIpc) is 2.34. The molecule has 2 atom stereocenters. The Morgan fingerprint density at radius 1 is 1.38 bits per heavy atom. The van der Waals surface area contributed by atoms with Crippen LogP contribution < -0.4 is 11.1 Å². The van der Waals surface area contributed by atoms with E-state index in [-0.39, 0.29) is 24.9 Å². The van der Waals surface area contributed by atoms with E-state index < -0.39 is 11.6 Å². The van der Waals surface area contributed by atoms with Gasteiger partial charge < -0.3 is 16.2 Å². The molecule has 0 aliphatic rings. The molecule has 120 valence electrons. The highest BCUT2D eigenvalue weighted by Gasteiger charge is 2.27. The van der Waals surface area contributed by atoms with Crippen LogP contribution in [0.15, 0.2) is 18.2 Å². The van der Waals surface area contributed by atoms with E-state index in [9.17, 15) is 9.90 Å². The molecule has 7 heteroatoms. The van der Waals surface area contributed by atoms with Gasteiger partial charge in [0.1, 0.15) is 0 Å². The Morgan fingerprint density at radius 2 is 1.90 bits per heavy atom. The van der Waals surface area contributed by atoms with Gasteiger partial charge in [0.05, 0.1) is 11.6 Å². The predicted octanol–water partition coefficient (Wildman–Crippen LogP) is 3.08. The number of hydrogen-bond acceptors (Lipinski definition) is 3. The highest BCUT2D eigenvalue weighted by Crippen LogP contribution is 2.23. The largest absolute Gasteiger partial charge is 0.387 e. The van der Waals surface area contributed by atoms with E-state index in [1.807, 2.05) is 6.92 Å². The first kappa shape index (κ1) is 20.5. The van der Waals surface area contributed by atoms with E-state index in [2.05, 4.69) is 5.32 Å². The molecule has 4 N–H and O–H groups in total. The molecule has 0 aliphatic heterocycles. The van der Waals surface area contributed by atoms with Gasteiger partial charge in [-0.2, -0.15) is 0 Å². The van der Waals surface area contributed by atoms with E-state index in [0.717, 1.165) is 6.42 Å². The van der Waals surface area contributed by atoms with Gasteiger partial charge in [-0.1, -0.05) is 36.5 Å². The number of benzene rings is 1. The minimum Gasteiger partial charge on any atom is -0.387 e. The van der Waals surface area contributed by atoms with Crippen molar-refractivity contribution >= 4 is 41.5 Å². The molecular weight excluding hydrogens is 335 g/mol. The first-order valence-corrected chi connectivity index (χ1v) is 7.23. The molecule has 0 heterocycles. The lowest BCUT2D eigenvalue weighted by molar-refractivity contribution is -0.126. The van der Waals surface area contributed by atoms with Crippen molar-refractivity contribution in [3.05, 3.63) is 33.8 Å². The van der Waals surface area contributed by atoms with Crippen LogP contribution in [-0.4, -0.2) is 23.1 Å². The Bertz CT molecular complexity index is 461. The van der Waals surface area contributed by atoms with Crippen LogP contribution in [-0.2, 0) is 4.79 Å². The topological polar surface area (TPSA) is 75.4 Å². The Balaban J connectivity index is 0.00000400. The summed E-state index contributed by atoms with van der Waals surface area (Å²) in [5, 5.41) is 13.6. The third-order valence-electron chi connectivity index (χ3n) is 3.01. The molecule has 2 unspecified atom stereocenters. The molecule has 0 saturated heterocycles. The second kappa shape index (κ2) is 8.81. The maximum Gasteiger partial charge on any atom is 0.239 e. The van der Waals surface area contributed by atoms with Gasteiger partial charge in [-0.25, -0.2) is 0 Å². The maximum atomic E-state index is 11.9. The lowest BCUT2D eigenvalue weighted by Crippen LogP contribution is -2.52. The van der Waals surface area contributed by atoms with Crippen molar-refractivity contribution in [2.45, 2.75) is 38.3 Å². The minimum absolute atomic E-state index is 0. The normalized spacial score (nSPS) is 14.8. The monoisotopic (exact) mass is 354 g/mol. The highest BCUT2D eigenvalue weighted by molar-refractivity contribution is 6.34. The number of amides is 1. The highest BCUT2D eigenvalue weighted by atomic mass is 35.5. The molecule has 0 aromatic heterocycles. The molecule has 1 aromatic rings. The molecule has 4 nitrogen and oxygen atoms in total. The third-order valence-corrected chi connectivity index (χ3v) is 3.45. The predicted molar refractivity (Wildman–Crippen MR) is 89.2 cm³/mol. The van der Waals surface area contributed by atoms with Crippen molar-refractivity contribution in [2.75, 3.05) is 6.54 Å². The second-order valence-electron chi connectivity index (χ2n) is 5.10. The van der Waals surface area contributed by atoms with E-state index in [1.54, 1.807) is 25.1 Å². The zero-order valence-electron chi connectivity index (χ0n) is 12.0. The first-order chi connectivity index (χ1) is 9.26. The van der Waals surface area contributed by atoms with Crippen LogP contribution in [0, 0.1) is 0 Å². The zero-order valence-corrected chi connectivity index (χ0v) is 14.4. The van der Waals surface area contributed by atoms with Crippen LogP contribution in [0.2, 0.25) is 10.0 Å². The van der Waals surface area contributed by atoms with Crippen molar-refractivity contribution in [1.82, 2.24) is 5.32 Å². The summed E-state index contributed by atoms with van der Waals surface area (Å²) in [5.41, 5.74) is 5.53. The molecule has 0 fully saturated rings. The molecule has 0 bridgehead atoms. The van der Waals surface area contributed by atoms with E-state index in [4.69, 9.17) is 28.9 Å². The van der Waals surface area contributed by atoms with E-state index in [0.29, 0.717) is 22.0 Å². The summed E-state index contributed by atoms with van der Waals surface area (Å²) >= 11 is 11.7. The quantitative estimate of drug-likeness (QED) is 0.734. The number of aliphatic hydroxyl groups is 1. The average molecular weight is 356 g/mol. The Kier molecular flexibility index (Phi) is 8.59. The van der Waals surface area contributed by atoms with Crippen molar-refractivity contribution in [2.24, 2.45) is 5.73 Å². The van der Waals surface area contributed by atoms with Gasteiger partial charge in [-0.3, -0.25) is 4.79 Å². The smallest absolute Gasteiger partial charge is 0.239 e. The molecule has 0 radical (unpaired) electrons. The molecule has 1 aromatic carbocycles.